The fourth-order valence-corrected chi connectivity index (χ4v) is 3.04. The van der Waals surface area contributed by atoms with Crippen LogP contribution >= 0.6 is 0 Å². The molecule has 0 aromatic carbocycles. The number of nitrogens with zero attached hydrogens (tertiary/aromatic N) is 5. The average molecular weight is 368 g/mol. The lowest BCUT2D eigenvalue weighted by Crippen LogP contribution is -2.48. The summed E-state index contributed by atoms with van der Waals surface area (Å²) < 4.78 is 5.43. The highest BCUT2D eigenvalue weighted by molar-refractivity contribution is 5.88. The van der Waals surface area contributed by atoms with Crippen LogP contribution in [0.4, 0.5) is 0 Å². The van der Waals surface area contributed by atoms with Gasteiger partial charge in [-0.05, 0) is 6.42 Å². The van der Waals surface area contributed by atoms with E-state index in [1.165, 1.54) is 9.80 Å². The van der Waals surface area contributed by atoms with Crippen molar-refractivity contribution in [3.8, 4) is 0 Å². The Morgan fingerprint density at radius 2 is 1.73 bits per heavy atom. The maximum atomic E-state index is 11.9. The van der Waals surface area contributed by atoms with Crippen molar-refractivity contribution in [1.29, 1.82) is 0 Å². The highest BCUT2D eigenvalue weighted by Gasteiger charge is 2.30. The molecular weight excluding hydrogens is 336 g/mol. The molecule has 0 aliphatic carbocycles. The first kappa shape index (κ1) is 20.4. The van der Waals surface area contributed by atoms with Gasteiger partial charge < -0.3 is 24.8 Å². The molecule has 0 saturated carbocycles. The third-order valence-electron chi connectivity index (χ3n) is 4.78. The maximum Gasteiger partial charge on any atom is 0.243 e. The molecule has 2 saturated heterocycles. The number of likely N-dealkylation sites (tertiary alicyclic amines) is 1. The minimum Gasteiger partial charge on any atom is -0.379 e. The first-order valence-corrected chi connectivity index (χ1v) is 9.14. The summed E-state index contributed by atoms with van der Waals surface area (Å²) in [5, 5.41) is 3.13. The fraction of sp³-hybridized carbons (Fsp3) is 0.824. The molecule has 0 aromatic rings. The number of rotatable bonds is 5. The number of hydrogen-bond donors (Lipinski definition) is 1. The molecule has 1 unspecified atom stereocenters. The molecule has 2 rings (SSSR count). The Labute approximate surface area is 155 Å². The van der Waals surface area contributed by atoms with Crippen molar-refractivity contribution < 1.29 is 14.3 Å². The molecule has 1 atom stereocenters. The van der Waals surface area contributed by atoms with E-state index in [0.717, 1.165) is 45.8 Å². The second-order valence-corrected chi connectivity index (χ2v) is 7.11. The summed E-state index contributed by atoms with van der Waals surface area (Å²) in [6.07, 6.45) is 1.05. The van der Waals surface area contributed by atoms with Crippen LogP contribution in [-0.4, -0.2) is 124 Å². The topological polar surface area (TPSA) is 80.7 Å². The predicted molar refractivity (Wildman–Crippen MR) is 100 cm³/mol. The third-order valence-corrected chi connectivity index (χ3v) is 4.78. The predicted octanol–water partition coefficient (Wildman–Crippen LogP) is -1.49. The van der Waals surface area contributed by atoms with Gasteiger partial charge in [-0.2, -0.15) is 0 Å². The zero-order chi connectivity index (χ0) is 19.1. The molecule has 2 fully saturated rings. The van der Waals surface area contributed by atoms with Gasteiger partial charge in [0, 0.05) is 60.4 Å². The smallest absolute Gasteiger partial charge is 0.243 e. The zero-order valence-corrected chi connectivity index (χ0v) is 16.4. The van der Waals surface area contributed by atoms with Crippen LogP contribution in [0.25, 0.3) is 0 Å². The molecular formula is C17H32N6O3. The highest BCUT2D eigenvalue weighted by atomic mass is 16.5. The SMILES string of the molecule is CN(C)C(=O)CN=C(NCC(=O)N(C)C)N1CCC(N2CCOCC2)C1. The van der Waals surface area contributed by atoms with Gasteiger partial charge in [0.2, 0.25) is 11.8 Å². The fourth-order valence-electron chi connectivity index (χ4n) is 3.04. The number of likely N-dealkylation sites (N-methyl/N-ethyl adjacent to an activating group) is 2. The molecule has 2 amide bonds. The number of guanidine groups is 1. The minimum atomic E-state index is -0.0628. The molecule has 2 aliphatic rings. The molecule has 148 valence electrons. The Balaban J connectivity index is 1.99. The molecule has 2 aliphatic heterocycles. The number of morpholine rings is 1. The largest absolute Gasteiger partial charge is 0.379 e. The van der Waals surface area contributed by atoms with E-state index in [0.29, 0.717) is 12.0 Å². The van der Waals surface area contributed by atoms with Crippen LogP contribution in [0.2, 0.25) is 0 Å². The van der Waals surface area contributed by atoms with Gasteiger partial charge in [0.15, 0.2) is 5.96 Å². The molecule has 0 spiro atoms. The standard InChI is InChI=1S/C17H32N6O3/c1-20(2)15(24)11-18-17(19-12-16(25)21(3)4)23-6-5-14(13-23)22-7-9-26-10-8-22/h14H,5-13H2,1-4H3,(H,18,19). The first-order chi connectivity index (χ1) is 12.4. The van der Waals surface area contributed by atoms with Crippen LogP contribution in [0.15, 0.2) is 4.99 Å². The second kappa shape index (κ2) is 9.72. The lowest BCUT2D eigenvalue weighted by atomic mass is 10.2. The van der Waals surface area contributed by atoms with E-state index in [1.807, 2.05) is 0 Å². The number of amides is 2. The van der Waals surface area contributed by atoms with Gasteiger partial charge >= 0.3 is 0 Å². The summed E-state index contributed by atoms with van der Waals surface area (Å²) in [4.78, 5) is 35.9. The number of carbonyl (C=O) groups excluding carboxylic acids is 2. The van der Waals surface area contributed by atoms with Gasteiger partial charge in [-0.15, -0.1) is 0 Å². The van der Waals surface area contributed by atoms with Crippen molar-refractivity contribution in [2.75, 3.05) is 80.7 Å². The van der Waals surface area contributed by atoms with E-state index >= 15 is 0 Å². The molecule has 9 heteroatoms. The second-order valence-electron chi connectivity index (χ2n) is 7.11. The summed E-state index contributed by atoms with van der Waals surface area (Å²) in [6, 6.07) is 0.458. The van der Waals surface area contributed by atoms with Crippen LogP contribution in [0.1, 0.15) is 6.42 Å². The van der Waals surface area contributed by atoms with E-state index in [1.54, 1.807) is 28.2 Å². The minimum absolute atomic E-state index is 0.0273. The van der Waals surface area contributed by atoms with E-state index in [9.17, 15) is 9.59 Å². The summed E-state index contributed by atoms with van der Waals surface area (Å²) in [6.45, 7) is 5.42. The van der Waals surface area contributed by atoms with Crippen LogP contribution in [0.3, 0.4) is 0 Å². The van der Waals surface area contributed by atoms with Gasteiger partial charge in [-0.3, -0.25) is 14.5 Å². The Bertz CT molecular complexity index is 517. The molecule has 9 nitrogen and oxygen atoms in total. The summed E-state index contributed by atoms with van der Waals surface area (Å²) in [5.41, 5.74) is 0. The maximum absolute atomic E-state index is 11.9. The van der Waals surface area contributed by atoms with Crippen molar-refractivity contribution in [2.45, 2.75) is 12.5 Å². The number of ether oxygens (including phenoxy) is 1. The molecule has 2 heterocycles. The van der Waals surface area contributed by atoms with Gasteiger partial charge in [-0.25, -0.2) is 4.99 Å². The van der Waals surface area contributed by atoms with Crippen LogP contribution in [0, 0.1) is 0 Å². The van der Waals surface area contributed by atoms with Crippen LogP contribution in [0.5, 0.6) is 0 Å². The summed E-state index contributed by atoms with van der Waals surface area (Å²) in [5.74, 6) is 0.541. The molecule has 0 radical (unpaired) electrons. The highest BCUT2D eigenvalue weighted by Crippen LogP contribution is 2.17. The van der Waals surface area contributed by atoms with Crippen molar-refractivity contribution in [2.24, 2.45) is 4.99 Å². The lowest BCUT2D eigenvalue weighted by molar-refractivity contribution is -0.127. The van der Waals surface area contributed by atoms with E-state index in [-0.39, 0.29) is 24.9 Å². The molecule has 0 aromatic heterocycles. The van der Waals surface area contributed by atoms with Crippen molar-refractivity contribution in [3.05, 3.63) is 0 Å². The van der Waals surface area contributed by atoms with E-state index in [4.69, 9.17) is 4.74 Å². The molecule has 1 N–H and O–H groups in total. The van der Waals surface area contributed by atoms with Gasteiger partial charge in [0.1, 0.15) is 6.54 Å². The monoisotopic (exact) mass is 368 g/mol. The summed E-state index contributed by atoms with van der Waals surface area (Å²) in [7, 11) is 6.87. The number of aliphatic imine (C=N–C) groups is 1. The quantitative estimate of drug-likeness (QED) is 0.471. The summed E-state index contributed by atoms with van der Waals surface area (Å²) >= 11 is 0. The van der Waals surface area contributed by atoms with Gasteiger partial charge in [0.25, 0.3) is 0 Å². The van der Waals surface area contributed by atoms with Crippen molar-refractivity contribution in [3.63, 3.8) is 0 Å². The van der Waals surface area contributed by atoms with Gasteiger partial charge in [-0.1, -0.05) is 0 Å². The third kappa shape index (κ3) is 5.84. The Morgan fingerprint density at radius 3 is 2.35 bits per heavy atom. The molecule has 26 heavy (non-hydrogen) atoms. The lowest BCUT2D eigenvalue weighted by Gasteiger charge is -2.32. The van der Waals surface area contributed by atoms with Crippen LogP contribution in [-0.2, 0) is 14.3 Å². The van der Waals surface area contributed by atoms with E-state index < -0.39 is 0 Å². The zero-order valence-electron chi connectivity index (χ0n) is 16.4. The number of hydrogen-bond acceptors (Lipinski definition) is 5. The van der Waals surface area contributed by atoms with E-state index in [2.05, 4.69) is 20.1 Å². The average Bonchev–Trinajstić information content (AvgIpc) is 3.11. The Hall–Kier alpha value is -1.87. The molecule has 0 bridgehead atoms. The van der Waals surface area contributed by atoms with Crippen molar-refractivity contribution >= 4 is 17.8 Å². The Kier molecular flexibility index (Phi) is 7.65. The first-order valence-electron chi connectivity index (χ1n) is 9.14. The van der Waals surface area contributed by atoms with Crippen LogP contribution < -0.4 is 5.32 Å². The van der Waals surface area contributed by atoms with Crippen molar-refractivity contribution in [1.82, 2.24) is 24.9 Å². The number of nitrogens with one attached hydrogen (secondary N) is 1. The Morgan fingerprint density at radius 1 is 1.08 bits per heavy atom. The van der Waals surface area contributed by atoms with Gasteiger partial charge in [0.05, 0.1) is 19.8 Å². The number of carbonyl (C=O) groups is 2. The normalized spacial score (nSPS) is 21.6.